The smallest absolute Gasteiger partial charge is 0.251 e. The van der Waals surface area contributed by atoms with Gasteiger partial charge in [0.25, 0.3) is 5.91 Å². The molecule has 4 heteroatoms. The largest absolute Gasteiger partial charge is 0.491 e. The van der Waals surface area contributed by atoms with Crippen LogP contribution in [0.15, 0.2) is 48.5 Å². The molecule has 0 aromatic heterocycles. The summed E-state index contributed by atoms with van der Waals surface area (Å²) in [6, 6.07) is 14.6. The van der Waals surface area contributed by atoms with E-state index < -0.39 is 0 Å². The minimum Gasteiger partial charge on any atom is -0.491 e. The molecule has 1 amide bonds. The Morgan fingerprint density at radius 2 is 1.95 bits per heavy atom. The van der Waals surface area contributed by atoms with Crippen molar-refractivity contribution in [3.63, 3.8) is 0 Å². The number of anilines is 1. The summed E-state index contributed by atoms with van der Waals surface area (Å²) in [5.74, 6) is 0.546. The first-order valence-electron chi connectivity index (χ1n) is 6.94. The van der Waals surface area contributed by atoms with E-state index >= 15 is 0 Å². The van der Waals surface area contributed by atoms with Crippen molar-refractivity contribution in [2.45, 2.75) is 26.5 Å². The van der Waals surface area contributed by atoms with Crippen LogP contribution in [-0.2, 0) is 6.54 Å². The number of carbonyl (C=O) groups excluding carboxylic acids is 1. The summed E-state index contributed by atoms with van der Waals surface area (Å²) in [7, 11) is 0. The number of nitrogen functional groups attached to an aromatic ring is 1. The number of rotatable bonds is 5. The maximum absolute atomic E-state index is 12.2. The summed E-state index contributed by atoms with van der Waals surface area (Å²) >= 11 is 0. The van der Waals surface area contributed by atoms with Crippen molar-refractivity contribution in [3.8, 4) is 5.75 Å². The maximum atomic E-state index is 12.2. The van der Waals surface area contributed by atoms with Gasteiger partial charge in [0.2, 0.25) is 0 Å². The molecule has 0 spiro atoms. The molecule has 0 heterocycles. The van der Waals surface area contributed by atoms with Crippen molar-refractivity contribution in [2.24, 2.45) is 0 Å². The average Bonchev–Trinajstić information content (AvgIpc) is 2.45. The van der Waals surface area contributed by atoms with Gasteiger partial charge in [-0.1, -0.05) is 24.3 Å². The van der Waals surface area contributed by atoms with Gasteiger partial charge in [0, 0.05) is 17.8 Å². The van der Waals surface area contributed by atoms with E-state index in [-0.39, 0.29) is 12.0 Å². The van der Waals surface area contributed by atoms with Gasteiger partial charge >= 0.3 is 0 Å². The second kappa shape index (κ2) is 6.79. The van der Waals surface area contributed by atoms with Gasteiger partial charge in [-0.2, -0.15) is 0 Å². The molecule has 0 aliphatic rings. The number of nitrogens with two attached hydrogens (primary N) is 1. The van der Waals surface area contributed by atoms with E-state index in [0.717, 1.165) is 5.56 Å². The first kappa shape index (κ1) is 14.9. The highest BCUT2D eigenvalue weighted by molar-refractivity contribution is 5.94. The number of amides is 1. The van der Waals surface area contributed by atoms with Gasteiger partial charge in [-0.05, 0) is 43.7 Å². The summed E-state index contributed by atoms with van der Waals surface area (Å²) in [6.45, 7) is 4.30. The molecule has 0 unspecified atom stereocenters. The molecule has 0 saturated heterocycles. The minimum absolute atomic E-state index is 0.0763. The lowest BCUT2D eigenvalue weighted by atomic mass is 10.1. The molecule has 0 saturated carbocycles. The third kappa shape index (κ3) is 4.24. The monoisotopic (exact) mass is 284 g/mol. The van der Waals surface area contributed by atoms with Gasteiger partial charge < -0.3 is 15.8 Å². The Kier molecular flexibility index (Phi) is 4.82. The van der Waals surface area contributed by atoms with Crippen LogP contribution >= 0.6 is 0 Å². The van der Waals surface area contributed by atoms with Crippen molar-refractivity contribution in [3.05, 3.63) is 59.7 Å². The number of para-hydroxylation sites is 1. The fourth-order valence-corrected chi connectivity index (χ4v) is 1.96. The lowest BCUT2D eigenvalue weighted by Crippen LogP contribution is -2.23. The van der Waals surface area contributed by atoms with Crippen LogP contribution in [0.2, 0.25) is 0 Å². The van der Waals surface area contributed by atoms with Crippen LogP contribution in [-0.4, -0.2) is 12.0 Å². The van der Waals surface area contributed by atoms with Crippen molar-refractivity contribution < 1.29 is 9.53 Å². The first-order chi connectivity index (χ1) is 10.1. The second-order valence-electron chi connectivity index (χ2n) is 5.08. The highest BCUT2D eigenvalue weighted by Crippen LogP contribution is 2.15. The van der Waals surface area contributed by atoms with Gasteiger partial charge in [-0.3, -0.25) is 4.79 Å². The molecule has 2 rings (SSSR count). The number of hydrogen-bond donors (Lipinski definition) is 2. The summed E-state index contributed by atoms with van der Waals surface area (Å²) in [4.78, 5) is 12.2. The lowest BCUT2D eigenvalue weighted by Gasteiger charge is -2.11. The van der Waals surface area contributed by atoms with E-state index in [9.17, 15) is 4.79 Å². The molecule has 2 aromatic carbocycles. The minimum atomic E-state index is -0.146. The van der Waals surface area contributed by atoms with Crippen LogP contribution in [0.1, 0.15) is 29.8 Å². The quantitative estimate of drug-likeness (QED) is 0.830. The van der Waals surface area contributed by atoms with Crippen molar-refractivity contribution in [1.82, 2.24) is 5.32 Å². The van der Waals surface area contributed by atoms with Gasteiger partial charge in [-0.25, -0.2) is 0 Å². The van der Waals surface area contributed by atoms with Crippen LogP contribution in [0.3, 0.4) is 0 Å². The zero-order valence-electron chi connectivity index (χ0n) is 12.3. The number of nitrogens with one attached hydrogen (secondary N) is 1. The van der Waals surface area contributed by atoms with Crippen molar-refractivity contribution >= 4 is 11.6 Å². The van der Waals surface area contributed by atoms with Gasteiger partial charge in [0.05, 0.1) is 6.10 Å². The summed E-state index contributed by atoms with van der Waals surface area (Å²) in [5, 5.41) is 2.86. The topological polar surface area (TPSA) is 64.3 Å². The molecular formula is C17H20N2O2. The highest BCUT2D eigenvalue weighted by atomic mass is 16.5. The molecule has 110 valence electrons. The van der Waals surface area contributed by atoms with Gasteiger partial charge in [0.15, 0.2) is 0 Å². The van der Waals surface area contributed by atoms with E-state index in [1.165, 1.54) is 0 Å². The molecular weight excluding hydrogens is 264 g/mol. The van der Waals surface area contributed by atoms with E-state index in [0.29, 0.717) is 23.5 Å². The van der Waals surface area contributed by atoms with Crippen LogP contribution in [0, 0.1) is 0 Å². The number of benzene rings is 2. The molecule has 21 heavy (non-hydrogen) atoms. The third-order valence-electron chi connectivity index (χ3n) is 2.96. The Hall–Kier alpha value is -2.49. The van der Waals surface area contributed by atoms with Gasteiger partial charge in [-0.15, -0.1) is 0 Å². The summed E-state index contributed by atoms with van der Waals surface area (Å²) in [6.07, 6.45) is 0.0763. The number of carbonyl (C=O) groups is 1. The van der Waals surface area contributed by atoms with E-state index in [1.807, 2.05) is 50.2 Å². The van der Waals surface area contributed by atoms with Crippen LogP contribution in [0.5, 0.6) is 5.75 Å². The van der Waals surface area contributed by atoms with Crippen molar-refractivity contribution in [2.75, 3.05) is 5.73 Å². The molecule has 3 N–H and O–H groups in total. The first-order valence-corrected chi connectivity index (χ1v) is 6.94. The van der Waals surface area contributed by atoms with Crippen LogP contribution in [0.25, 0.3) is 0 Å². The van der Waals surface area contributed by atoms with E-state index in [2.05, 4.69) is 5.32 Å². The normalized spacial score (nSPS) is 10.4. The van der Waals surface area contributed by atoms with Gasteiger partial charge in [0.1, 0.15) is 5.75 Å². The SMILES string of the molecule is CC(C)Oc1cccc(C(=O)NCc2ccccc2N)c1. The number of ether oxygens (including phenoxy) is 1. The molecule has 0 radical (unpaired) electrons. The van der Waals surface area contributed by atoms with Crippen molar-refractivity contribution in [1.29, 1.82) is 0 Å². The molecule has 0 atom stereocenters. The van der Waals surface area contributed by atoms with E-state index in [4.69, 9.17) is 10.5 Å². The van der Waals surface area contributed by atoms with Crippen LogP contribution < -0.4 is 15.8 Å². The molecule has 4 nitrogen and oxygen atoms in total. The average molecular weight is 284 g/mol. The maximum Gasteiger partial charge on any atom is 0.251 e. The standard InChI is InChI=1S/C17H20N2O2/c1-12(2)21-15-8-5-7-13(10-15)17(20)19-11-14-6-3-4-9-16(14)18/h3-10,12H,11,18H2,1-2H3,(H,19,20). The Bertz CT molecular complexity index is 624. The fraction of sp³-hybridized carbons (Fsp3) is 0.235. The Balaban J connectivity index is 2.02. The summed E-state index contributed by atoms with van der Waals surface area (Å²) < 4.78 is 5.59. The van der Waals surface area contributed by atoms with Crippen LogP contribution in [0.4, 0.5) is 5.69 Å². The Labute approximate surface area is 124 Å². The third-order valence-corrected chi connectivity index (χ3v) is 2.96. The zero-order chi connectivity index (χ0) is 15.2. The molecule has 0 bridgehead atoms. The molecule has 0 aliphatic carbocycles. The highest BCUT2D eigenvalue weighted by Gasteiger charge is 2.08. The zero-order valence-corrected chi connectivity index (χ0v) is 12.3. The summed E-state index contributed by atoms with van der Waals surface area (Å²) in [5.41, 5.74) is 8.00. The van der Waals surface area contributed by atoms with E-state index in [1.54, 1.807) is 12.1 Å². The molecule has 2 aromatic rings. The second-order valence-corrected chi connectivity index (χ2v) is 5.08. The molecule has 0 aliphatic heterocycles. The molecule has 0 fully saturated rings. The predicted molar refractivity (Wildman–Crippen MR) is 84.2 cm³/mol. The Morgan fingerprint density at radius 3 is 2.67 bits per heavy atom. The lowest BCUT2D eigenvalue weighted by molar-refractivity contribution is 0.0950. The predicted octanol–water partition coefficient (Wildman–Crippen LogP) is 2.99. The Morgan fingerprint density at radius 1 is 1.19 bits per heavy atom. The fourth-order valence-electron chi connectivity index (χ4n) is 1.96. The number of hydrogen-bond acceptors (Lipinski definition) is 3.